The van der Waals surface area contributed by atoms with Crippen molar-refractivity contribution in [2.75, 3.05) is 4.56 Å². The van der Waals surface area contributed by atoms with Gasteiger partial charge in [0.2, 0.25) is 0 Å². The van der Waals surface area contributed by atoms with Crippen molar-refractivity contribution in [1.82, 2.24) is 0 Å². The van der Waals surface area contributed by atoms with Crippen LogP contribution in [0.3, 0.4) is 0 Å². The molecule has 0 heterocycles. The fourth-order valence-corrected chi connectivity index (χ4v) is 0.424. The molecule has 28 valence electrons. The van der Waals surface area contributed by atoms with Gasteiger partial charge in [0.05, 0.1) is 0 Å². The maximum absolute atomic E-state index is 7.56. The van der Waals surface area contributed by atoms with Gasteiger partial charge in [-0.2, -0.15) is 0 Å². The quantitative estimate of drug-likeness (QED) is 0.227. The minimum absolute atomic E-state index is 0.562. The van der Waals surface area contributed by atoms with Crippen molar-refractivity contribution < 1.29 is 0 Å². The van der Waals surface area contributed by atoms with E-state index in [1.54, 1.807) is 0 Å². The number of nitrogens with zero attached hydrogens (tertiary/aromatic N) is 3. The third-order valence-corrected chi connectivity index (χ3v) is 1.01. The van der Waals surface area contributed by atoms with Crippen LogP contribution in [0, 0.1) is 0 Å². The normalized spacial score (nSPS) is 6.40. The predicted molar refractivity (Wildman–Crippen MR) is 24.0 cm³/mol. The van der Waals surface area contributed by atoms with Crippen molar-refractivity contribution in [3.8, 4) is 0 Å². The number of hydrogen-bond donors (Lipinski definition) is 0. The number of azide groups is 1. The van der Waals surface area contributed by atoms with Crippen LogP contribution >= 0.6 is 0 Å². The molecular formula is CH5N3Sn. The summed E-state index contributed by atoms with van der Waals surface area (Å²) in [6.07, 6.45) is 0. The molecule has 0 aliphatic heterocycles. The van der Waals surface area contributed by atoms with Crippen molar-refractivity contribution in [1.29, 1.82) is 0 Å². The van der Waals surface area contributed by atoms with E-state index in [2.05, 4.69) is 10.0 Å². The second-order valence-electron chi connectivity index (χ2n) is 0.547. The van der Waals surface area contributed by atoms with E-state index in [4.69, 9.17) is 5.53 Å². The fourth-order valence-electron chi connectivity index (χ4n) is 0.0632. The average Bonchev–Trinajstić information content (AvgIpc) is 1.41. The van der Waals surface area contributed by atoms with Crippen molar-refractivity contribution in [2.45, 2.75) is 0 Å². The van der Waals surface area contributed by atoms with Gasteiger partial charge < -0.3 is 0 Å². The molecule has 0 spiro atoms. The van der Waals surface area contributed by atoms with Crippen LogP contribution in [-0.2, 0) is 0 Å². The van der Waals surface area contributed by atoms with Gasteiger partial charge >= 0.3 is 42.6 Å². The Morgan fingerprint density at radius 3 is 2.60 bits per heavy atom. The van der Waals surface area contributed by atoms with E-state index in [0.717, 1.165) is 4.56 Å². The number of hydrogen-bond acceptors (Lipinski definition) is 1. The van der Waals surface area contributed by atoms with Crippen LogP contribution in [0.4, 0.5) is 0 Å². The Morgan fingerprint density at radius 1 is 2.00 bits per heavy atom. The first kappa shape index (κ1) is 5.11. The summed E-state index contributed by atoms with van der Waals surface area (Å²) in [5.41, 5.74) is 7.56. The van der Waals surface area contributed by atoms with Crippen molar-refractivity contribution >= 4 is 22.5 Å². The van der Waals surface area contributed by atoms with E-state index in [1.807, 2.05) is 0 Å². The van der Waals surface area contributed by atoms with E-state index >= 15 is 0 Å². The molecule has 0 unspecified atom stereocenters. The molecule has 5 heavy (non-hydrogen) atoms. The average molecular weight is 178 g/mol. The van der Waals surface area contributed by atoms with Crippen molar-refractivity contribution in [2.24, 2.45) is 5.11 Å². The second-order valence-corrected chi connectivity index (χ2v) is 2.35. The van der Waals surface area contributed by atoms with Gasteiger partial charge in [-0.3, -0.25) is 0 Å². The summed E-state index contributed by atoms with van der Waals surface area (Å²) in [4.78, 5) is 2.53. The minimum atomic E-state index is 0.562. The van der Waals surface area contributed by atoms with Gasteiger partial charge in [-0.25, -0.2) is 0 Å². The zero-order valence-electron chi connectivity index (χ0n) is 3.05. The molecule has 0 aromatic heterocycles. The van der Waals surface area contributed by atoms with Gasteiger partial charge in [0.1, 0.15) is 0 Å². The molecule has 0 aromatic carbocycles. The molecule has 0 aliphatic rings. The van der Waals surface area contributed by atoms with Crippen LogP contribution in [0.5, 0.6) is 0 Å². The van der Waals surface area contributed by atoms with Gasteiger partial charge in [0.15, 0.2) is 0 Å². The first-order valence-electron chi connectivity index (χ1n) is 1.42. The molecule has 0 amide bonds. The van der Waals surface area contributed by atoms with Gasteiger partial charge in [-0.15, -0.1) is 0 Å². The summed E-state index contributed by atoms with van der Waals surface area (Å²) in [5.74, 6) is 0. The third-order valence-electron chi connectivity index (χ3n) is 0.205. The van der Waals surface area contributed by atoms with Gasteiger partial charge in [-0.05, 0) is 0 Å². The van der Waals surface area contributed by atoms with Gasteiger partial charge in [0.25, 0.3) is 0 Å². The maximum atomic E-state index is 7.56. The molecule has 0 aliphatic carbocycles. The van der Waals surface area contributed by atoms with E-state index in [-0.39, 0.29) is 0 Å². The van der Waals surface area contributed by atoms with E-state index in [1.165, 1.54) is 0 Å². The van der Waals surface area contributed by atoms with Crippen LogP contribution in [0.1, 0.15) is 0 Å². The summed E-state index contributed by atoms with van der Waals surface area (Å²) in [6, 6.07) is 0. The summed E-state index contributed by atoms with van der Waals surface area (Å²) in [5, 5.41) is 3.25. The first-order chi connectivity index (χ1) is 2.41. The predicted octanol–water partition coefficient (Wildman–Crippen LogP) is -0.380. The Labute approximate surface area is 43.1 Å². The summed E-state index contributed by atoms with van der Waals surface area (Å²) < 4.78 is 0.762. The molecule has 0 bridgehead atoms. The van der Waals surface area contributed by atoms with Crippen LogP contribution in [-0.4, -0.2) is 27.1 Å². The Hall–Kier alpha value is 0.109. The molecule has 0 N–H and O–H groups in total. The topological polar surface area (TPSA) is 48.8 Å². The van der Waals surface area contributed by atoms with Crippen molar-refractivity contribution in [3.05, 3.63) is 10.4 Å². The SMILES string of the molecule is [N-]=[N+]=N[CH2][SnH3]. The Bertz CT molecular complexity index is 53.9. The molecule has 0 rings (SSSR count). The molecule has 4 heteroatoms. The molecule has 0 saturated carbocycles. The van der Waals surface area contributed by atoms with Crippen LogP contribution < -0.4 is 0 Å². The monoisotopic (exact) mass is 179 g/mol. The molecule has 0 aromatic rings. The Kier molecular flexibility index (Phi) is 4.20. The fraction of sp³-hybridized carbons (Fsp3) is 1.00. The van der Waals surface area contributed by atoms with Crippen molar-refractivity contribution in [3.63, 3.8) is 0 Å². The summed E-state index contributed by atoms with van der Waals surface area (Å²) in [7, 11) is 0. The molecule has 0 radical (unpaired) electrons. The standard InChI is InChI=1S/CH2N3.Sn.3H/c1-3-4-2;;;;/h1H2;;;;. The first-order valence-corrected chi connectivity index (χ1v) is 5.46. The van der Waals surface area contributed by atoms with Crippen LogP contribution in [0.2, 0.25) is 0 Å². The molecule has 0 fully saturated rings. The molecular weight excluding hydrogens is 173 g/mol. The summed E-state index contributed by atoms with van der Waals surface area (Å²) in [6.45, 7) is 0. The molecule has 0 saturated heterocycles. The van der Waals surface area contributed by atoms with Crippen LogP contribution in [0.25, 0.3) is 10.4 Å². The van der Waals surface area contributed by atoms with E-state index in [0.29, 0.717) is 22.5 Å². The number of rotatable bonds is 1. The summed E-state index contributed by atoms with van der Waals surface area (Å²) >= 11 is 0.562. The molecule has 3 nitrogen and oxygen atoms in total. The van der Waals surface area contributed by atoms with E-state index < -0.39 is 0 Å². The third kappa shape index (κ3) is 4.11. The molecule has 0 atom stereocenters. The second kappa shape index (κ2) is 4.11. The Balaban J connectivity index is 2.93. The Morgan fingerprint density at radius 2 is 2.60 bits per heavy atom. The van der Waals surface area contributed by atoms with Gasteiger partial charge in [-0.1, -0.05) is 0 Å². The van der Waals surface area contributed by atoms with Gasteiger partial charge in [0, 0.05) is 0 Å². The van der Waals surface area contributed by atoms with Crippen LogP contribution in [0.15, 0.2) is 5.11 Å². The van der Waals surface area contributed by atoms with E-state index in [9.17, 15) is 0 Å². The zero-order chi connectivity index (χ0) is 4.12. The zero-order valence-corrected chi connectivity index (χ0v) is 8.76.